The molecule has 4 rings (SSSR count). The van der Waals surface area contributed by atoms with Gasteiger partial charge in [0.1, 0.15) is 12.4 Å². The summed E-state index contributed by atoms with van der Waals surface area (Å²) in [5.41, 5.74) is 2.49. The van der Waals surface area contributed by atoms with Crippen molar-refractivity contribution >= 4 is 10.9 Å². The lowest BCUT2D eigenvalue weighted by Gasteiger charge is -2.13. The lowest BCUT2D eigenvalue weighted by Crippen LogP contribution is -2.09. The van der Waals surface area contributed by atoms with Gasteiger partial charge in [-0.3, -0.25) is 4.79 Å². The van der Waals surface area contributed by atoms with E-state index < -0.39 is 0 Å². The van der Waals surface area contributed by atoms with Crippen LogP contribution in [0.3, 0.4) is 0 Å². The number of methoxy groups -OCH3 is 1. The molecule has 29 heavy (non-hydrogen) atoms. The van der Waals surface area contributed by atoms with E-state index in [2.05, 4.69) is 16.0 Å². The molecule has 0 saturated carbocycles. The SMILES string of the molecule is COc1cc(-c2nc3ccccc3c(=O)[nH]2)ccc1OCc1ccccc1C#N. The van der Waals surface area contributed by atoms with Crippen molar-refractivity contribution in [1.29, 1.82) is 5.26 Å². The van der Waals surface area contributed by atoms with Gasteiger partial charge in [-0.25, -0.2) is 4.98 Å². The molecular weight excluding hydrogens is 366 g/mol. The van der Waals surface area contributed by atoms with Crippen LogP contribution in [0.4, 0.5) is 0 Å². The number of para-hydroxylation sites is 1. The largest absolute Gasteiger partial charge is 0.493 e. The van der Waals surface area contributed by atoms with Gasteiger partial charge in [0.25, 0.3) is 5.56 Å². The molecule has 0 radical (unpaired) electrons. The number of aromatic nitrogens is 2. The summed E-state index contributed by atoms with van der Waals surface area (Å²) >= 11 is 0. The predicted molar refractivity (Wildman–Crippen MR) is 110 cm³/mol. The molecule has 3 aromatic carbocycles. The maximum atomic E-state index is 12.3. The normalized spacial score (nSPS) is 10.5. The fraction of sp³-hybridized carbons (Fsp3) is 0.0870. The molecule has 0 atom stereocenters. The van der Waals surface area contributed by atoms with E-state index in [1.165, 1.54) is 0 Å². The molecule has 0 saturated heterocycles. The van der Waals surface area contributed by atoms with Crippen LogP contribution in [0.5, 0.6) is 11.5 Å². The Morgan fingerprint density at radius 2 is 1.83 bits per heavy atom. The van der Waals surface area contributed by atoms with Crippen LogP contribution in [0.25, 0.3) is 22.3 Å². The van der Waals surface area contributed by atoms with Crippen molar-refractivity contribution < 1.29 is 9.47 Å². The molecule has 6 heteroatoms. The maximum Gasteiger partial charge on any atom is 0.259 e. The molecule has 0 aliphatic rings. The minimum atomic E-state index is -0.196. The lowest BCUT2D eigenvalue weighted by molar-refractivity contribution is 0.284. The van der Waals surface area contributed by atoms with E-state index in [0.717, 1.165) is 5.56 Å². The first-order valence-electron chi connectivity index (χ1n) is 8.98. The van der Waals surface area contributed by atoms with Crippen molar-refractivity contribution in [3.05, 3.63) is 88.2 Å². The standard InChI is InChI=1S/C23H17N3O3/c1-28-21-12-15(22-25-19-9-5-4-8-18(19)23(27)26-22)10-11-20(21)29-14-17-7-3-2-6-16(17)13-24/h2-12H,14H2,1H3,(H,25,26,27). The van der Waals surface area contributed by atoms with Gasteiger partial charge in [-0.15, -0.1) is 0 Å². The van der Waals surface area contributed by atoms with Gasteiger partial charge in [0.05, 0.1) is 29.6 Å². The molecule has 0 aliphatic carbocycles. The van der Waals surface area contributed by atoms with E-state index in [9.17, 15) is 10.1 Å². The van der Waals surface area contributed by atoms with Crippen LogP contribution in [-0.4, -0.2) is 17.1 Å². The monoisotopic (exact) mass is 383 g/mol. The summed E-state index contributed by atoms with van der Waals surface area (Å²) < 4.78 is 11.3. The molecule has 0 fully saturated rings. The quantitative estimate of drug-likeness (QED) is 0.562. The number of hydrogen-bond donors (Lipinski definition) is 1. The Bertz CT molecular complexity index is 1290. The van der Waals surface area contributed by atoms with Gasteiger partial charge in [-0.1, -0.05) is 30.3 Å². The Labute approximate surface area is 167 Å². The van der Waals surface area contributed by atoms with Gasteiger partial charge < -0.3 is 14.5 Å². The van der Waals surface area contributed by atoms with Crippen molar-refractivity contribution in [3.63, 3.8) is 0 Å². The Morgan fingerprint density at radius 1 is 1.03 bits per heavy atom. The van der Waals surface area contributed by atoms with Crippen LogP contribution in [-0.2, 0) is 6.61 Å². The molecule has 0 aliphatic heterocycles. The van der Waals surface area contributed by atoms with Crippen LogP contribution in [0.15, 0.2) is 71.5 Å². The zero-order valence-corrected chi connectivity index (χ0v) is 15.7. The van der Waals surface area contributed by atoms with Crippen molar-refractivity contribution in [2.75, 3.05) is 7.11 Å². The van der Waals surface area contributed by atoms with Crippen LogP contribution in [0.1, 0.15) is 11.1 Å². The first kappa shape index (κ1) is 18.3. The molecular formula is C23H17N3O3. The summed E-state index contributed by atoms with van der Waals surface area (Å²) in [6.45, 7) is 0.241. The Hall–Kier alpha value is -4.11. The van der Waals surface area contributed by atoms with Crippen molar-refractivity contribution in [3.8, 4) is 29.0 Å². The lowest BCUT2D eigenvalue weighted by atomic mass is 10.1. The van der Waals surface area contributed by atoms with Gasteiger partial charge in [-0.2, -0.15) is 5.26 Å². The number of nitriles is 1. The van der Waals surface area contributed by atoms with E-state index in [4.69, 9.17) is 9.47 Å². The molecule has 0 spiro atoms. The number of nitrogens with zero attached hydrogens (tertiary/aromatic N) is 2. The summed E-state index contributed by atoms with van der Waals surface area (Å²) in [4.78, 5) is 19.7. The van der Waals surface area contributed by atoms with Gasteiger partial charge in [0.2, 0.25) is 0 Å². The van der Waals surface area contributed by atoms with Gasteiger partial charge in [0, 0.05) is 11.1 Å². The van der Waals surface area contributed by atoms with Gasteiger partial charge >= 0.3 is 0 Å². The highest BCUT2D eigenvalue weighted by Crippen LogP contribution is 2.32. The molecule has 1 N–H and O–H groups in total. The van der Waals surface area contributed by atoms with Crippen molar-refractivity contribution in [1.82, 2.24) is 9.97 Å². The van der Waals surface area contributed by atoms with Crippen molar-refractivity contribution in [2.45, 2.75) is 6.61 Å². The number of ether oxygens (including phenoxy) is 2. The first-order chi connectivity index (χ1) is 14.2. The second-order valence-corrected chi connectivity index (χ2v) is 6.35. The third kappa shape index (κ3) is 3.66. The third-order valence-electron chi connectivity index (χ3n) is 4.57. The number of benzene rings is 3. The van der Waals surface area contributed by atoms with E-state index in [1.807, 2.05) is 24.3 Å². The first-order valence-corrected chi connectivity index (χ1v) is 8.98. The van der Waals surface area contributed by atoms with E-state index in [-0.39, 0.29) is 12.2 Å². The van der Waals surface area contributed by atoms with Crippen LogP contribution < -0.4 is 15.0 Å². The summed E-state index contributed by atoms with van der Waals surface area (Å²) in [6, 6.07) is 22.0. The van der Waals surface area contributed by atoms with Crippen LogP contribution in [0, 0.1) is 11.3 Å². The number of fused-ring (bicyclic) bond motifs is 1. The zero-order valence-electron chi connectivity index (χ0n) is 15.7. The summed E-state index contributed by atoms with van der Waals surface area (Å²) in [5, 5.41) is 9.75. The highest BCUT2D eigenvalue weighted by Gasteiger charge is 2.11. The molecule has 1 heterocycles. The molecule has 1 aromatic heterocycles. The summed E-state index contributed by atoms with van der Waals surface area (Å²) in [6.07, 6.45) is 0. The molecule has 4 aromatic rings. The minimum absolute atomic E-state index is 0.196. The predicted octanol–water partition coefficient (Wildman–Crippen LogP) is 4.05. The number of nitrogens with one attached hydrogen (secondary N) is 1. The zero-order chi connectivity index (χ0) is 20.2. The second kappa shape index (κ2) is 7.87. The molecule has 0 amide bonds. The van der Waals surface area contributed by atoms with Crippen LogP contribution >= 0.6 is 0 Å². The topological polar surface area (TPSA) is 88.0 Å². The fourth-order valence-corrected chi connectivity index (χ4v) is 3.07. The average Bonchev–Trinajstić information content (AvgIpc) is 2.77. The van der Waals surface area contributed by atoms with Gasteiger partial charge in [0.15, 0.2) is 11.5 Å². The molecule has 6 nitrogen and oxygen atoms in total. The van der Waals surface area contributed by atoms with E-state index in [0.29, 0.717) is 39.4 Å². The molecule has 0 bridgehead atoms. The molecule has 0 unspecified atom stereocenters. The van der Waals surface area contributed by atoms with E-state index >= 15 is 0 Å². The van der Waals surface area contributed by atoms with E-state index in [1.54, 1.807) is 49.6 Å². The number of H-pyrrole nitrogens is 1. The highest BCUT2D eigenvalue weighted by atomic mass is 16.5. The summed E-state index contributed by atoms with van der Waals surface area (Å²) in [7, 11) is 1.55. The summed E-state index contributed by atoms with van der Waals surface area (Å²) in [5.74, 6) is 1.49. The average molecular weight is 383 g/mol. The third-order valence-corrected chi connectivity index (χ3v) is 4.57. The smallest absolute Gasteiger partial charge is 0.259 e. The maximum absolute atomic E-state index is 12.3. The Kier molecular flexibility index (Phi) is 4.95. The van der Waals surface area contributed by atoms with Gasteiger partial charge in [-0.05, 0) is 36.4 Å². The van der Waals surface area contributed by atoms with Crippen molar-refractivity contribution in [2.24, 2.45) is 0 Å². The Balaban J connectivity index is 1.65. The number of rotatable bonds is 5. The number of aromatic amines is 1. The van der Waals surface area contributed by atoms with Crippen LogP contribution in [0.2, 0.25) is 0 Å². The number of hydrogen-bond acceptors (Lipinski definition) is 5. The minimum Gasteiger partial charge on any atom is -0.493 e. The molecule has 142 valence electrons. The highest BCUT2D eigenvalue weighted by molar-refractivity contribution is 5.79. The fourth-order valence-electron chi connectivity index (χ4n) is 3.07. The second-order valence-electron chi connectivity index (χ2n) is 6.35. The Morgan fingerprint density at radius 3 is 2.66 bits per heavy atom.